The number of hydroxylamine groups is 1. The van der Waals surface area contributed by atoms with Crippen molar-refractivity contribution in [3.8, 4) is 0 Å². The van der Waals surface area contributed by atoms with Crippen LogP contribution in [0.1, 0.15) is 6.42 Å². The Balaban J connectivity index is 3.40. The maximum Gasteiger partial charge on any atom is 0.438 e. The molecule has 0 heterocycles. The average molecular weight is 176 g/mol. The van der Waals surface area contributed by atoms with Gasteiger partial charge in [-0.2, -0.15) is 0 Å². The van der Waals surface area contributed by atoms with E-state index >= 15 is 0 Å². The second kappa shape index (κ2) is 5.36. The number of rotatable bonds is 3. The molecule has 0 aliphatic carbocycles. The fourth-order valence-electron chi connectivity index (χ4n) is 0.466. The third-order valence-corrected chi connectivity index (χ3v) is 1.02. The number of amides is 1. The third kappa shape index (κ3) is 6.81. The van der Waals surface area contributed by atoms with Gasteiger partial charge in [-0.3, -0.25) is 0 Å². The highest BCUT2D eigenvalue weighted by Gasteiger charge is 2.04. The van der Waals surface area contributed by atoms with Crippen molar-refractivity contribution in [2.24, 2.45) is 0 Å². The van der Waals surface area contributed by atoms with Crippen LogP contribution in [0.4, 0.5) is 4.79 Å². The summed E-state index contributed by atoms with van der Waals surface area (Å²) in [6, 6.07) is 0. The van der Waals surface area contributed by atoms with Crippen LogP contribution in [0.5, 0.6) is 0 Å². The van der Waals surface area contributed by atoms with Crippen molar-refractivity contribution in [3.05, 3.63) is 0 Å². The van der Waals surface area contributed by atoms with Crippen molar-refractivity contribution < 1.29 is 19.5 Å². The first kappa shape index (κ1) is 10.7. The smallest absolute Gasteiger partial charge is 0.438 e. The van der Waals surface area contributed by atoms with Crippen molar-refractivity contribution in [3.63, 3.8) is 0 Å². The van der Waals surface area contributed by atoms with Crippen LogP contribution in [-0.2, 0) is 9.63 Å². The molecule has 6 heteroatoms. The second-order valence-corrected chi connectivity index (χ2v) is 2.43. The Kier molecular flexibility index (Phi) is 4.78. The van der Waals surface area contributed by atoms with Gasteiger partial charge in [0.25, 0.3) is 0 Å². The van der Waals surface area contributed by atoms with Gasteiger partial charge in [-0.25, -0.2) is 9.59 Å². The van der Waals surface area contributed by atoms with Crippen LogP contribution >= 0.6 is 0 Å². The average Bonchev–Trinajstić information content (AvgIpc) is 1.96. The Morgan fingerprint density at radius 2 is 2.08 bits per heavy atom. The maximum atomic E-state index is 10.7. The maximum absolute atomic E-state index is 10.7. The Morgan fingerprint density at radius 3 is 2.50 bits per heavy atom. The van der Waals surface area contributed by atoms with E-state index in [1.807, 2.05) is 0 Å². The number of hydrogen-bond acceptors (Lipinski definition) is 4. The van der Waals surface area contributed by atoms with Crippen LogP contribution in [0.15, 0.2) is 0 Å². The van der Waals surface area contributed by atoms with Crippen LogP contribution < -0.4 is 5.48 Å². The summed E-state index contributed by atoms with van der Waals surface area (Å²) in [4.78, 5) is 26.5. The molecule has 0 atom stereocenters. The van der Waals surface area contributed by atoms with Gasteiger partial charge in [-0.1, -0.05) is 0 Å². The van der Waals surface area contributed by atoms with Gasteiger partial charge >= 0.3 is 12.1 Å². The van der Waals surface area contributed by atoms with Crippen LogP contribution in [0, 0.1) is 0 Å². The quantitative estimate of drug-likeness (QED) is 0.575. The van der Waals surface area contributed by atoms with Gasteiger partial charge in [0, 0.05) is 6.54 Å². The highest BCUT2D eigenvalue weighted by molar-refractivity contribution is 5.72. The van der Waals surface area contributed by atoms with Crippen LogP contribution in [-0.4, -0.2) is 42.7 Å². The zero-order chi connectivity index (χ0) is 9.56. The highest BCUT2D eigenvalue weighted by atomic mass is 16.7. The second-order valence-electron chi connectivity index (χ2n) is 2.43. The normalized spacial score (nSPS) is 9.58. The van der Waals surface area contributed by atoms with Gasteiger partial charge in [0.2, 0.25) is 0 Å². The number of nitrogens with zero attached hydrogens (tertiary/aromatic N) is 1. The topological polar surface area (TPSA) is 78.9 Å². The Hall–Kier alpha value is -1.30. The van der Waals surface area contributed by atoms with E-state index in [0.717, 1.165) is 0 Å². The van der Waals surface area contributed by atoms with Crippen molar-refractivity contribution in [2.75, 3.05) is 20.6 Å². The molecule has 0 saturated heterocycles. The van der Waals surface area contributed by atoms with E-state index in [2.05, 4.69) is 4.84 Å². The molecule has 0 fully saturated rings. The summed E-state index contributed by atoms with van der Waals surface area (Å²) in [5, 5.41) is 8.04. The summed E-state index contributed by atoms with van der Waals surface area (Å²) >= 11 is 0. The molecule has 0 rings (SSSR count). The molecule has 0 aliphatic heterocycles. The van der Waals surface area contributed by atoms with Gasteiger partial charge in [-0.05, 0) is 14.1 Å². The van der Waals surface area contributed by atoms with E-state index in [9.17, 15) is 9.59 Å². The lowest BCUT2D eigenvalue weighted by atomic mass is 10.4. The lowest BCUT2D eigenvalue weighted by molar-refractivity contribution is -0.149. The van der Waals surface area contributed by atoms with Gasteiger partial charge in [0.15, 0.2) is 0 Å². The van der Waals surface area contributed by atoms with Crippen LogP contribution in [0.25, 0.3) is 0 Å². The van der Waals surface area contributed by atoms with Gasteiger partial charge in [0.05, 0.1) is 6.42 Å². The van der Waals surface area contributed by atoms with Gasteiger partial charge in [0.1, 0.15) is 0 Å². The van der Waals surface area contributed by atoms with Crippen molar-refractivity contribution >= 4 is 12.1 Å². The van der Waals surface area contributed by atoms with Crippen LogP contribution in [0.2, 0.25) is 0 Å². The lowest BCUT2D eigenvalue weighted by Gasteiger charge is -2.07. The van der Waals surface area contributed by atoms with Gasteiger partial charge < -0.3 is 14.8 Å². The molecule has 0 aromatic carbocycles. The standard InChI is InChI=1S/C6H12N2O4/c1-8(2)4-3-5(9)12-7-6(10)11/h7H,3-4H2,1-2H3,(H,10,11). The molecule has 0 unspecified atom stereocenters. The minimum atomic E-state index is -1.38. The third-order valence-electron chi connectivity index (χ3n) is 1.02. The summed E-state index contributed by atoms with van der Waals surface area (Å²) in [5.74, 6) is -0.592. The van der Waals surface area contributed by atoms with E-state index in [0.29, 0.717) is 6.54 Å². The number of carbonyl (C=O) groups is 2. The fraction of sp³-hybridized carbons (Fsp3) is 0.667. The zero-order valence-corrected chi connectivity index (χ0v) is 7.03. The molecule has 0 radical (unpaired) electrons. The number of hydrogen-bond donors (Lipinski definition) is 2. The molecular formula is C6H12N2O4. The molecular weight excluding hydrogens is 164 g/mol. The Bertz CT molecular complexity index is 169. The predicted octanol–water partition coefficient (Wildman–Crippen LogP) is -0.336. The predicted molar refractivity (Wildman–Crippen MR) is 40.4 cm³/mol. The molecule has 0 aromatic rings. The molecule has 1 amide bonds. The SMILES string of the molecule is CN(C)CCC(=O)ONC(=O)O. The summed E-state index contributed by atoms with van der Waals surface area (Å²) < 4.78 is 0. The van der Waals surface area contributed by atoms with E-state index in [1.54, 1.807) is 19.0 Å². The minimum Gasteiger partial charge on any atom is -0.463 e. The van der Waals surface area contributed by atoms with Crippen LogP contribution in [0.3, 0.4) is 0 Å². The molecule has 0 saturated carbocycles. The number of nitrogens with one attached hydrogen (secondary N) is 1. The summed E-state index contributed by atoms with van der Waals surface area (Å²) in [5.41, 5.74) is 1.52. The Morgan fingerprint density at radius 1 is 1.50 bits per heavy atom. The summed E-state index contributed by atoms with van der Waals surface area (Å²) in [6.07, 6.45) is -1.22. The number of carbonyl (C=O) groups excluding carboxylic acids is 1. The molecule has 70 valence electrons. The zero-order valence-electron chi connectivity index (χ0n) is 7.03. The first-order chi connectivity index (χ1) is 5.52. The molecule has 2 N–H and O–H groups in total. The summed E-state index contributed by atoms with van der Waals surface area (Å²) in [6.45, 7) is 0.528. The molecule has 0 aliphatic rings. The lowest BCUT2D eigenvalue weighted by Crippen LogP contribution is -2.27. The first-order valence-electron chi connectivity index (χ1n) is 3.35. The molecule has 12 heavy (non-hydrogen) atoms. The fourth-order valence-corrected chi connectivity index (χ4v) is 0.466. The van der Waals surface area contributed by atoms with E-state index in [1.165, 1.54) is 5.48 Å². The molecule has 0 spiro atoms. The molecule has 0 bridgehead atoms. The largest absolute Gasteiger partial charge is 0.463 e. The summed E-state index contributed by atoms with van der Waals surface area (Å²) in [7, 11) is 3.61. The van der Waals surface area contributed by atoms with E-state index in [-0.39, 0.29) is 6.42 Å². The first-order valence-corrected chi connectivity index (χ1v) is 3.35. The molecule has 0 aromatic heterocycles. The Labute approximate surface area is 70.1 Å². The van der Waals surface area contributed by atoms with Gasteiger partial charge in [-0.15, -0.1) is 5.48 Å². The van der Waals surface area contributed by atoms with E-state index < -0.39 is 12.1 Å². The van der Waals surface area contributed by atoms with Crippen molar-refractivity contribution in [2.45, 2.75) is 6.42 Å². The number of carboxylic acid groups (broad SMARTS) is 1. The minimum absolute atomic E-state index is 0.160. The molecule has 6 nitrogen and oxygen atoms in total. The van der Waals surface area contributed by atoms with Crippen molar-refractivity contribution in [1.82, 2.24) is 10.4 Å². The van der Waals surface area contributed by atoms with Crippen molar-refractivity contribution in [1.29, 1.82) is 0 Å². The highest BCUT2D eigenvalue weighted by Crippen LogP contribution is 1.85. The van der Waals surface area contributed by atoms with E-state index in [4.69, 9.17) is 5.11 Å². The monoisotopic (exact) mass is 176 g/mol.